The number of anilines is 1. The van der Waals surface area contributed by atoms with Crippen LogP contribution in [0.4, 0.5) is 5.69 Å². The van der Waals surface area contributed by atoms with Gasteiger partial charge in [-0.15, -0.1) is 0 Å². The molecular weight excluding hydrogens is 396 g/mol. The summed E-state index contributed by atoms with van der Waals surface area (Å²) in [5, 5.41) is 3.68. The highest BCUT2D eigenvalue weighted by Gasteiger charge is 2.17. The number of nitrogens with zero attached hydrogens (tertiary/aromatic N) is 3. The number of hydrogen-bond acceptors (Lipinski definition) is 4. The number of rotatable bonds is 6. The van der Waals surface area contributed by atoms with Gasteiger partial charge in [-0.05, 0) is 54.1 Å². The highest BCUT2D eigenvalue weighted by molar-refractivity contribution is 6.30. The van der Waals surface area contributed by atoms with Crippen LogP contribution in [0.2, 0.25) is 5.02 Å². The van der Waals surface area contributed by atoms with Crippen LogP contribution < -0.4 is 10.2 Å². The van der Waals surface area contributed by atoms with E-state index < -0.39 is 0 Å². The molecule has 1 aliphatic heterocycles. The van der Waals surface area contributed by atoms with E-state index in [2.05, 4.69) is 32.2 Å². The lowest BCUT2D eigenvalue weighted by Gasteiger charge is -2.36. The largest absolute Gasteiger partial charge is 0.369 e. The maximum absolute atomic E-state index is 12.3. The zero-order chi connectivity index (χ0) is 20.8. The number of carbonyl (C=O) groups excluding carboxylic acids is 1. The molecular formula is C24H25ClN4O. The van der Waals surface area contributed by atoms with Gasteiger partial charge >= 0.3 is 0 Å². The molecule has 30 heavy (non-hydrogen) atoms. The molecule has 5 nitrogen and oxygen atoms in total. The fourth-order valence-electron chi connectivity index (χ4n) is 3.61. The first-order valence-corrected chi connectivity index (χ1v) is 10.5. The Labute approximate surface area is 182 Å². The minimum absolute atomic E-state index is 0.0798. The van der Waals surface area contributed by atoms with Gasteiger partial charge in [-0.3, -0.25) is 14.7 Å². The van der Waals surface area contributed by atoms with Gasteiger partial charge in [0.15, 0.2) is 0 Å². The molecule has 1 saturated heterocycles. The van der Waals surface area contributed by atoms with Crippen molar-refractivity contribution in [2.45, 2.75) is 13.1 Å². The molecule has 2 heterocycles. The van der Waals surface area contributed by atoms with E-state index in [1.807, 2.05) is 54.6 Å². The van der Waals surface area contributed by atoms with Gasteiger partial charge in [-0.2, -0.15) is 0 Å². The van der Waals surface area contributed by atoms with Crippen LogP contribution in [0, 0.1) is 0 Å². The Morgan fingerprint density at radius 2 is 1.67 bits per heavy atom. The van der Waals surface area contributed by atoms with E-state index in [1.54, 1.807) is 6.20 Å². The Balaban J connectivity index is 1.25. The lowest BCUT2D eigenvalue weighted by atomic mass is 10.1. The van der Waals surface area contributed by atoms with E-state index in [0.717, 1.165) is 43.4 Å². The number of aromatic nitrogens is 1. The van der Waals surface area contributed by atoms with Crippen molar-refractivity contribution >= 4 is 23.2 Å². The molecule has 3 aromatic rings. The summed E-state index contributed by atoms with van der Waals surface area (Å²) in [7, 11) is 0. The average molecular weight is 421 g/mol. The number of halogens is 1. The summed E-state index contributed by atoms with van der Waals surface area (Å²) < 4.78 is 0. The summed E-state index contributed by atoms with van der Waals surface area (Å²) in [4.78, 5) is 21.4. The van der Waals surface area contributed by atoms with Crippen molar-refractivity contribution in [3.05, 3.63) is 94.8 Å². The molecule has 0 saturated carbocycles. The molecule has 6 heteroatoms. The second kappa shape index (κ2) is 9.74. The monoisotopic (exact) mass is 420 g/mol. The van der Waals surface area contributed by atoms with E-state index in [9.17, 15) is 4.79 Å². The van der Waals surface area contributed by atoms with Crippen LogP contribution in [-0.4, -0.2) is 42.0 Å². The van der Waals surface area contributed by atoms with Crippen LogP contribution in [0.15, 0.2) is 72.9 Å². The number of hydrogen-bond donors (Lipinski definition) is 1. The summed E-state index contributed by atoms with van der Waals surface area (Å²) in [5.41, 5.74) is 3.96. The van der Waals surface area contributed by atoms with Crippen molar-refractivity contribution in [2.24, 2.45) is 0 Å². The highest BCUT2D eigenvalue weighted by atomic mass is 35.5. The third kappa shape index (κ3) is 5.38. The predicted molar refractivity (Wildman–Crippen MR) is 121 cm³/mol. The van der Waals surface area contributed by atoms with Crippen molar-refractivity contribution in [2.75, 3.05) is 31.1 Å². The van der Waals surface area contributed by atoms with Crippen LogP contribution in [0.25, 0.3) is 0 Å². The zero-order valence-electron chi connectivity index (χ0n) is 16.8. The average Bonchev–Trinajstić information content (AvgIpc) is 2.80. The van der Waals surface area contributed by atoms with Crippen molar-refractivity contribution in [3.63, 3.8) is 0 Å². The second-order valence-corrected chi connectivity index (χ2v) is 7.88. The van der Waals surface area contributed by atoms with Crippen LogP contribution in [0.5, 0.6) is 0 Å². The van der Waals surface area contributed by atoms with E-state index in [4.69, 9.17) is 11.6 Å². The Morgan fingerprint density at radius 1 is 0.933 bits per heavy atom. The maximum Gasteiger partial charge on any atom is 0.251 e. The molecule has 4 rings (SSSR count). The van der Waals surface area contributed by atoms with Gasteiger partial charge in [0.1, 0.15) is 0 Å². The number of piperazine rings is 1. The normalized spacial score (nSPS) is 14.5. The molecule has 1 amide bonds. The molecule has 0 aliphatic carbocycles. The molecule has 2 aromatic carbocycles. The molecule has 0 atom stereocenters. The standard InChI is InChI=1S/C24H25ClN4O/c25-21-8-10-23(11-9-21)29-15-13-28(14-16-29)18-19-4-6-20(7-5-19)24(30)27-17-22-3-1-2-12-26-22/h1-12H,13-18H2,(H,27,30). The van der Waals surface area contributed by atoms with Gasteiger partial charge in [0.2, 0.25) is 0 Å². The second-order valence-electron chi connectivity index (χ2n) is 7.44. The van der Waals surface area contributed by atoms with Crippen LogP contribution >= 0.6 is 11.6 Å². The van der Waals surface area contributed by atoms with Crippen LogP contribution in [-0.2, 0) is 13.1 Å². The first kappa shape index (κ1) is 20.4. The lowest BCUT2D eigenvalue weighted by Crippen LogP contribution is -2.45. The van der Waals surface area contributed by atoms with Gasteiger partial charge in [0, 0.05) is 55.2 Å². The Hall–Kier alpha value is -2.89. The Bertz CT molecular complexity index is 953. The molecule has 1 aliphatic rings. The van der Waals surface area contributed by atoms with Crippen molar-refractivity contribution in [3.8, 4) is 0 Å². The quantitative estimate of drug-likeness (QED) is 0.655. The maximum atomic E-state index is 12.3. The molecule has 0 spiro atoms. The first-order chi connectivity index (χ1) is 14.7. The lowest BCUT2D eigenvalue weighted by molar-refractivity contribution is 0.0950. The summed E-state index contributed by atoms with van der Waals surface area (Å²) in [5.74, 6) is -0.0798. The Morgan fingerprint density at radius 3 is 2.33 bits per heavy atom. The van der Waals surface area contributed by atoms with E-state index in [1.165, 1.54) is 11.3 Å². The van der Waals surface area contributed by atoms with E-state index in [0.29, 0.717) is 12.1 Å². The number of pyridine rings is 1. The molecule has 154 valence electrons. The molecule has 0 unspecified atom stereocenters. The minimum Gasteiger partial charge on any atom is -0.369 e. The van der Waals surface area contributed by atoms with Gasteiger partial charge in [0.25, 0.3) is 5.91 Å². The minimum atomic E-state index is -0.0798. The summed E-state index contributed by atoms with van der Waals surface area (Å²) >= 11 is 5.99. The third-order valence-electron chi connectivity index (χ3n) is 5.34. The molecule has 1 N–H and O–H groups in total. The van der Waals surface area contributed by atoms with Gasteiger partial charge in [0.05, 0.1) is 12.2 Å². The highest BCUT2D eigenvalue weighted by Crippen LogP contribution is 2.20. The van der Waals surface area contributed by atoms with Crippen molar-refractivity contribution < 1.29 is 4.79 Å². The van der Waals surface area contributed by atoms with Gasteiger partial charge in [-0.25, -0.2) is 0 Å². The fourth-order valence-corrected chi connectivity index (χ4v) is 3.74. The summed E-state index contributed by atoms with van der Waals surface area (Å²) in [6.45, 7) is 5.33. The van der Waals surface area contributed by atoms with Gasteiger partial charge < -0.3 is 10.2 Å². The van der Waals surface area contributed by atoms with Crippen molar-refractivity contribution in [1.29, 1.82) is 0 Å². The van der Waals surface area contributed by atoms with Crippen molar-refractivity contribution in [1.82, 2.24) is 15.2 Å². The predicted octanol–water partition coefficient (Wildman–Crippen LogP) is 3.99. The molecule has 0 radical (unpaired) electrons. The number of amides is 1. The van der Waals surface area contributed by atoms with E-state index in [-0.39, 0.29) is 5.91 Å². The fraction of sp³-hybridized carbons (Fsp3) is 0.250. The summed E-state index contributed by atoms with van der Waals surface area (Å²) in [6, 6.07) is 21.6. The molecule has 1 aromatic heterocycles. The number of nitrogens with one attached hydrogen (secondary N) is 1. The number of carbonyl (C=O) groups is 1. The number of benzene rings is 2. The molecule has 1 fully saturated rings. The topological polar surface area (TPSA) is 48.5 Å². The van der Waals surface area contributed by atoms with Crippen LogP contribution in [0.3, 0.4) is 0 Å². The summed E-state index contributed by atoms with van der Waals surface area (Å²) in [6.07, 6.45) is 1.73. The Kier molecular flexibility index (Phi) is 6.62. The smallest absolute Gasteiger partial charge is 0.251 e. The molecule has 0 bridgehead atoms. The third-order valence-corrected chi connectivity index (χ3v) is 5.59. The van der Waals surface area contributed by atoms with Crippen LogP contribution in [0.1, 0.15) is 21.6 Å². The van der Waals surface area contributed by atoms with E-state index >= 15 is 0 Å². The van der Waals surface area contributed by atoms with Gasteiger partial charge in [-0.1, -0.05) is 29.8 Å². The SMILES string of the molecule is O=C(NCc1ccccn1)c1ccc(CN2CCN(c3ccc(Cl)cc3)CC2)cc1. The zero-order valence-corrected chi connectivity index (χ0v) is 17.6. The first-order valence-electron chi connectivity index (χ1n) is 10.2.